The lowest BCUT2D eigenvalue weighted by Crippen LogP contribution is -2.26. The SMILES string of the molecule is CCN(CC)CCc1nc(C)cc(CC(C)N)n1. The first-order chi connectivity index (χ1) is 8.55. The summed E-state index contributed by atoms with van der Waals surface area (Å²) < 4.78 is 0. The highest BCUT2D eigenvalue weighted by Crippen LogP contribution is 2.04. The van der Waals surface area contributed by atoms with E-state index >= 15 is 0 Å². The Bertz CT molecular complexity index is 359. The van der Waals surface area contributed by atoms with Crippen molar-refractivity contribution in [3.05, 3.63) is 23.3 Å². The van der Waals surface area contributed by atoms with Crippen molar-refractivity contribution in [3.63, 3.8) is 0 Å². The van der Waals surface area contributed by atoms with Crippen LogP contribution in [0.4, 0.5) is 0 Å². The van der Waals surface area contributed by atoms with Crippen molar-refractivity contribution in [2.24, 2.45) is 5.73 Å². The van der Waals surface area contributed by atoms with Crippen molar-refractivity contribution in [3.8, 4) is 0 Å². The number of likely N-dealkylation sites (N-methyl/N-ethyl adjacent to an activating group) is 1. The van der Waals surface area contributed by atoms with Crippen LogP contribution in [0, 0.1) is 6.92 Å². The lowest BCUT2D eigenvalue weighted by Gasteiger charge is -2.17. The molecule has 0 radical (unpaired) electrons. The molecule has 0 aromatic carbocycles. The van der Waals surface area contributed by atoms with Gasteiger partial charge in [-0.25, -0.2) is 9.97 Å². The van der Waals surface area contributed by atoms with Gasteiger partial charge in [-0.15, -0.1) is 0 Å². The van der Waals surface area contributed by atoms with Gasteiger partial charge < -0.3 is 10.6 Å². The molecule has 0 bridgehead atoms. The molecule has 18 heavy (non-hydrogen) atoms. The minimum Gasteiger partial charge on any atom is -0.328 e. The third kappa shape index (κ3) is 5.10. The highest BCUT2D eigenvalue weighted by molar-refractivity contribution is 5.11. The Kier molecular flexibility index (Phi) is 6.22. The average Bonchev–Trinajstić information content (AvgIpc) is 2.28. The van der Waals surface area contributed by atoms with Crippen LogP contribution in [-0.4, -0.2) is 40.5 Å². The van der Waals surface area contributed by atoms with Crippen LogP contribution in [0.5, 0.6) is 0 Å². The maximum absolute atomic E-state index is 5.82. The summed E-state index contributed by atoms with van der Waals surface area (Å²) in [4.78, 5) is 11.5. The molecule has 1 atom stereocenters. The van der Waals surface area contributed by atoms with E-state index in [1.807, 2.05) is 19.9 Å². The molecule has 2 N–H and O–H groups in total. The molecule has 4 nitrogen and oxygen atoms in total. The van der Waals surface area contributed by atoms with Crippen LogP contribution < -0.4 is 5.73 Å². The average molecular weight is 250 g/mol. The predicted molar refractivity (Wildman–Crippen MR) is 75.6 cm³/mol. The van der Waals surface area contributed by atoms with Crippen LogP contribution in [0.2, 0.25) is 0 Å². The van der Waals surface area contributed by atoms with E-state index in [2.05, 4.69) is 28.7 Å². The third-order valence-electron chi connectivity index (χ3n) is 3.03. The molecule has 1 heterocycles. The Morgan fingerprint density at radius 1 is 1.28 bits per heavy atom. The number of aryl methyl sites for hydroxylation is 1. The van der Waals surface area contributed by atoms with Crippen LogP contribution in [0.25, 0.3) is 0 Å². The van der Waals surface area contributed by atoms with Crippen molar-refractivity contribution in [2.75, 3.05) is 19.6 Å². The van der Waals surface area contributed by atoms with E-state index < -0.39 is 0 Å². The highest BCUT2D eigenvalue weighted by atomic mass is 15.1. The van der Waals surface area contributed by atoms with E-state index in [9.17, 15) is 0 Å². The van der Waals surface area contributed by atoms with E-state index in [0.717, 1.165) is 49.7 Å². The Balaban J connectivity index is 2.67. The van der Waals surface area contributed by atoms with Crippen LogP contribution in [-0.2, 0) is 12.8 Å². The van der Waals surface area contributed by atoms with Crippen molar-refractivity contribution < 1.29 is 0 Å². The van der Waals surface area contributed by atoms with Crippen LogP contribution in [0.1, 0.15) is 38.0 Å². The fourth-order valence-electron chi connectivity index (χ4n) is 2.04. The number of rotatable bonds is 7. The molecule has 0 saturated heterocycles. The van der Waals surface area contributed by atoms with Gasteiger partial charge >= 0.3 is 0 Å². The fourth-order valence-corrected chi connectivity index (χ4v) is 2.04. The first-order valence-electron chi connectivity index (χ1n) is 6.86. The highest BCUT2D eigenvalue weighted by Gasteiger charge is 2.06. The van der Waals surface area contributed by atoms with Gasteiger partial charge in [0.2, 0.25) is 0 Å². The van der Waals surface area contributed by atoms with E-state index in [0.29, 0.717) is 0 Å². The summed E-state index contributed by atoms with van der Waals surface area (Å²) in [6, 6.07) is 2.18. The lowest BCUT2D eigenvalue weighted by molar-refractivity contribution is 0.305. The molecule has 1 unspecified atom stereocenters. The van der Waals surface area contributed by atoms with E-state index in [1.165, 1.54) is 0 Å². The molecule has 0 aliphatic rings. The van der Waals surface area contributed by atoms with E-state index in [-0.39, 0.29) is 6.04 Å². The molecule has 1 aromatic rings. The van der Waals surface area contributed by atoms with Gasteiger partial charge in [0.05, 0.1) is 0 Å². The first-order valence-corrected chi connectivity index (χ1v) is 6.86. The van der Waals surface area contributed by atoms with E-state index in [1.54, 1.807) is 0 Å². The normalized spacial score (nSPS) is 13.0. The molecule has 102 valence electrons. The van der Waals surface area contributed by atoms with Gasteiger partial charge in [0.1, 0.15) is 5.82 Å². The maximum Gasteiger partial charge on any atom is 0.130 e. The second kappa shape index (κ2) is 7.44. The molecule has 0 spiro atoms. The molecule has 1 rings (SSSR count). The largest absolute Gasteiger partial charge is 0.328 e. The molecular formula is C14H26N4. The molecular weight excluding hydrogens is 224 g/mol. The molecule has 0 aliphatic heterocycles. The standard InChI is InChI=1S/C14H26N4/c1-5-18(6-2)8-7-14-16-12(4)10-13(17-14)9-11(3)15/h10-11H,5-9,15H2,1-4H3. The number of nitrogens with zero attached hydrogens (tertiary/aromatic N) is 3. The monoisotopic (exact) mass is 250 g/mol. The molecule has 0 amide bonds. The van der Waals surface area contributed by atoms with Crippen molar-refractivity contribution in [1.29, 1.82) is 0 Å². The summed E-state index contributed by atoms with van der Waals surface area (Å²) in [5.41, 5.74) is 7.92. The van der Waals surface area contributed by atoms with Gasteiger partial charge in [-0.3, -0.25) is 0 Å². The van der Waals surface area contributed by atoms with Crippen molar-refractivity contribution >= 4 is 0 Å². The summed E-state index contributed by atoms with van der Waals surface area (Å²) in [5, 5.41) is 0. The van der Waals surface area contributed by atoms with Crippen molar-refractivity contribution in [2.45, 2.75) is 46.6 Å². The van der Waals surface area contributed by atoms with Gasteiger partial charge in [-0.2, -0.15) is 0 Å². The quantitative estimate of drug-likeness (QED) is 0.798. The van der Waals surface area contributed by atoms with E-state index in [4.69, 9.17) is 5.73 Å². The molecule has 4 heteroatoms. The molecule has 0 fully saturated rings. The summed E-state index contributed by atoms with van der Waals surface area (Å²) in [6.45, 7) is 11.6. The number of hydrogen-bond acceptors (Lipinski definition) is 4. The third-order valence-corrected chi connectivity index (χ3v) is 3.03. The van der Waals surface area contributed by atoms with Crippen molar-refractivity contribution in [1.82, 2.24) is 14.9 Å². The van der Waals surface area contributed by atoms with Gasteiger partial charge in [-0.1, -0.05) is 13.8 Å². The smallest absolute Gasteiger partial charge is 0.130 e. The second-order valence-electron chi connectivity index (χ2n) is 4.88. The van der Waals surface area contributed by atoms with Crippen LogP contribution >= 0.6 is 0 Å². The topological polar surface area (TPSA) is 55.0 Å². The van der Waals surface area contributed by atoms with Crippen LogP contribution in [0.3, 0.4) is 0 Å². The summed E-state index contributed by atoms with van der Waals surface area (Å²) in [5.74, 6) is 0.942. The summed E-state index contributed by atoms with van der Waals surface area (Å²) >= 11 is 0. The number of hydrogen-bond donors (Lipinski definition) is 1. The zero-order chi connectivity index (χ0) is 13.5. The van der Waals surface area contributed by atoms with Crippen LogP contribution in [0.15, 0.2) is 6.07 Å². The molecule has 1 aromatic heterocycles. The minimum atomic E-state index is 0.148. The van der Waals surface area contributed by atoms with Gasteiger partial charge in [0.15, 0.2) is 0 Å². The maximum atomic E-state index is 5.82. The minimum absolute atomic E-state index is 0.148. The number of aromatic nitrogens is 2. The lowest BCUT2D eigenvalue weighted by atomic mass is 10.1. The predicted octanol–water partition coefficient (Wildman–Crippen LogP) is 1.56. The molecule has 0 saturated carbocycles. The zero-order valence-electron chi connectivity index (χ0n) is 12.1. The summed E-state index contributed by atoms with van der Waals surface area (Å²) in [6.07, 6.45) is 1.73. The van der Waals surface area contributed by atoms with Gasteiger partial charge in [-0.05, 0) is 33.0 Å². The Morgan fingerprint density at radius 3 is 2.50 bits per heavy atom. The van der Waals surface area contributed by atoms with Gasteiger partial charge in [0.25, 0.3) is 0 Å². The number of nitrogens with two attached hydrogens (primary N) is 1. The molecule has 0 aliphatic carbocycles. The first kappa shape index (κ1) is 15.1. The zero-order valence-corrected chi connectivity index (χ0v) is 12.1. The van der Waals surface area contributed by atoms with Gasteiger partial charge in [0, 0.05) is 36.8 Å². The Morgan fingerprint density at radius 2 is 1.94 bits per heavy atom. The summed E-state index contributed by atoms with van der Waals surface area (Å²) in [7, 11) is 0. The Hall–Kier alpha value is -1.00. The fraction of sp³-hybridized carbons (Fsp3) is 0.714. The second-order valence-corrected chi connectivity index (χ2v) is 4.88. The Labute approximate surface area is 111 Å².